The van der Waals surface area contributed by atoms with Crippen molar-refractivity contribution in [1.82, 2.24) is 10.2 Å². The largest absolute Gasteiger partial charge is 0.416 e. The van der Waals surface area contributed by atoms with Crippen LogP contribution in [0.4, 0.5) is 18.9 Å². The normalized spacial score (nSPS) is 13.2. The Morgan fingerprint density at radius 3 is 2.17 bits per heavy atom. The average Bonchev–Trinajstić information content (AvgIpc) is 2.95. The molecule has 0 fully saturated rings. The second-order valence-electron chi connectivity index (χ2n) is 10.1. The highest BCUT2D eigenvalue weighted by Gasteiger charge is 2.36. The van der Waals surface area contributed by atoms with E-state index in [1.54, 1.807) is 19.1 Å². The number of benzene rings is 3. The number of nitrogens with zero attached hydrogens (tertiary/aromatic N) is 2. The van der Waals surface area contributed by atoms with E-state index in [1.807, 2.05) is 39.0 Å². The van der Waals surface area contributed by atoms with Crippen molar-refractivity contribution in [3.63, 3.8) is 0 Å². The molecule has 0 saturated heterocycles. The van der Waals surface area contributed by atoms with Crippen LogP contribution >= 0.6 is 0 Å². The van der Waals surface area contributed by atoms with Crippen molar-refractivity contribution in [1.29, 1.82) is 0 Å². The van der Waals surface area contributed by atoms with E-state index in [-0.39, 0.29) is 29.6 Å². The number of amides is 2. The van der Waals surface area contributed by atoms with Crippen LogP contribution in [0, 0.1) is 6.92 Å². The third kappa shape index (κ3) is 8.12. The van der Waals surface area contributed by atoms with Gasteiger partial charge >= 0.3 is 6.18 Å². The third-order valence-electron chi connectivity index (χ3n) is 6.89. The molecular weight excluding hydrogens is 567 g/mol. The third-order valence-corrected chi connectivity index (χ3v) is 8.68. The van der Waals surface area contributed by atoms with Crippen molar-refractivity contribution in [2.75, 3.05) is 10.8 Å². The Balaban J connectivity index is 2.11. The molecule has 11 heteroatoms. The minimum atomic E-state index is -4.74. The number of anilines is 1. The van der Waals surface area contributed by atoms with E-state index in [9.17, 15) is 31.2 Å². The van der Waals surface area contributed by atoms with Gasteiger partial charge in [0.05, 0.1) is 16.1 Å². The van der Waals surface area contributed by atoms with Crippen molar-refractivity contribution in [2.45, 2.75) is 70.2 Å². The molecule has 3 rings (SSSR count). The number of hydrogen-bond acceptors (Lipinski definition) is 4. The minimum Gasteiger partial charge on any atom is -0.352 e. The molecule has 0 radical (unpaired) electrons. The van der Waals surface area contributed by atoms with Crippen molar-refractivity contribution < 1.29 is 31.2 Å². The molecule has 1 N–H and O–H groups in total. The molecule has 226 valence electrons. The van der Waals surface area contributed by atoms with E-state index in [2.05, 4.69) is 5.32 Å². The molecule has 0 aliphatic carbocycles. The van der Waals surface area contributed by atoms with Gasteiger partial charge in [0, 0.05) is 12.6 Å². The Morgan fingerprint density at radius 1 is 0.905 bits per heavy atom. The van der Waals surface area contributed by atoms with Crippen LogP contribution in [0.2, 0.25) is 0 Å². The van der Waals surface area contributed by atoms with Gasteiger partial charge < -0.3 is 10.2 Å². The lowest BCUT2D eigenvalue weighted by Gasteiger charge is -2.34. The zero-order chi connectivity index (χ0) is 31.1. The number of carbonyl (C=O) groups is 2. The van der Waals surface area contributed by atoms with Crippen LogP contribution in [0.1, 0.15) is 50.3 Å². The van der Waals surface area contributed by atoms with Crippen LogP contribution in [0.15, 0.2) is 83.8 Å². The molecule has 2 atom stereocenters. The molecule has 0 aliphatic rings. The summed E-state index contributed by atoms with van der Waals surface area (Å²) < 4.78 is 69.1. The Hall–Kier alpha value is -3.86. The molecule has 0 aromatic heterocycles. The Labute approximate surface area is 245 Å². The summed E-state index contributed by atoms with van der Waals surface area (Å²) in [5, 5.41) is 2.89. The summed E-state index contributed by atoms with van der Waals surface area (Å²) in [6.07, 6.45) is -3.85. The van der Waals surface area contributed by atoms with Gasteiger partial charge in [0.15, 0.2) is 0 Å². The molecule has 0 bridgehead atoms. The van der Waals surface area contributed by atoms with Crippen LogP contribution in [0.25, 0.3) is 0 Å². The molecule has 0 saturated carbocycles. The number of nitrogens with one attached hydrogen (secondary N) is 1. The van der Waals surface area contributed by atoms with Gasteiger partial charge in [-0.2, -0.15) is 13.2 Å². The second-order valence-corrected chi connectivity index (χ2v) is 12.0. The highest BCUT2D eigenvalue weighted by atomic mass is 32.2. The van der Waals surface area contributed by atoms with Gasteiger partial charge in [0.1, 0.15) is 12.6 Å². The quantitative estimate of drug-likeness (QED) is 0.278. The minimum absolute atomic E-state index is 0.00520. The van der Waals surface area contributed by atoms with E-state index in [0.29, 0.717) is 16.8 Å². The van der Waals surface area contributed by atoms with Crippen LogP contribution in [0.5, 0.6) is 0 Å². The number of hydrogen-bond donors (Lipinski definition) is 1. The zero-order valence-electron chi connectivity index (χ0n) is 24.1. The van der Waals surface area contributed by atoms with Crippen molar-refractivity contribution in [3.05, 3.63) is 95.6 Å². The van der Waals surface area contributed by atoms with E-state index in [1.165, 1.54) is 35.2 Å². The van der Waals surface area contributed by atoms with E-state index >= 15 is 0 Å². The molecule has 0 unspecified atom stereocenters. The topological polar surface area (TPSA) is 86.8 Å². The number of alkyl halides is 3. The summed E-state index contributed by atoms with van der Waals surface area (Å²) in [6.45, 7) is 6.53. The highest BCUT2D eigenvalue weighted by molar-refractivity contribution is 7.92. The predicted octanol–water partition coefficient (Wildman–Crippen LogP) is 5.93. The molecule has 0 aliphatic heterocycles. The highest BCUT2D eigenvalue weighted by Crippen LogP contribution is 2.33. The first-order chi connectivity index (χ1) is 19.8. The molecule has 0 heterocycles. The second kappa shape index (κ2) is 13.9. The standard InChI is InChI=1S/C31H36F3N3O4S/c1-5-23(4)35-30(39)28(6-2)36(20-24-13-10-12-22(3)18-24)29(38)21-37(42(40,41)27-16-8-7-9-17-27)26-15-11-14-25(19-26)31(32,33)34/h7-19,23,28H,5-6,20-21H2,1-4H3,(H,35,39)/t23-,28+/m0/s1. The lowest BCUT2D eigenvalue weighted by molar-refractivity contribution is -0.140. The molecule has 3 aromatic carbocycles. The fourth-order valence-electron chi connectivity index (χ4n) is 4.45. The lowest BCUT2D eigenvalue weighted by atomic mass is 10.1. The fraction of sp³-hybridized carbons (Fsp3) is 0.355. The first kappa shape index (κ1) is 32.7. The van der Waals surface area contributed by atoms with Crippen LogP contribution in [0.3, 0.4) is 0 Å². The summed E-state index contributed by atoms with van der Waals surface area (Å²) in [5.41, 5.74) is 0.259. The molecular formula is C31H36F3N3O4S. The van der Waals surface area contributed by atoms with E-state index in [0.717, 1.165) is 23.3 Å². The van der Waals surface area contributed by atoms with Crippen LogP contribution in [-0.4, -0.2) is 43.8 Å². The zero-order valence-corrected chi connectivity index (χ0v) is 24.9. The van der Waals surface area contributed by atoms with Crippen molar-refractivity contribution >= 4 is 27.5 Å². The van der Waals surface area contributed by atoms with Gasteiger partial charge in [0.2, 0.25) is 11.8 Å². The molecule has 2 amide bonds. The SMILES string of the molecule is CC[C@H](C(=O)N[C@@H](C)CC)N(Cc1cccc(C)c1)C(=O)CN(c1cccc(C(F)(F)F)c1)S(=O)(=O)c1ccccc1. The van der Waals surface area contributed by atoms with Crippen molar-refractivity contribution in [3.8, 4) is 0 Å². The van der Waals surface area contributed by atoms with Gasteiger partial charge in [-0.25, -0.2) is 8.42 Å². The van der Waals surface area contributed by atoms with Gasteiger partial charge in [-0.15, -0.1) is 0 Å². The maximum absolute atomic E-state index is 14.1. The first-order valence-corrected chi connectivity index (χ1v) is 15.1. The van der Waals surface area contributed by atoms with Gasteiger partial charge in [0.25, 0.3) is 10.0 Å². The van der Waals surface area contributed by atoms with E-state index < -0.39 is 46.2 Å². The average molecular weight is 604 g/mol. The number of halogens is 3. The van der Waals surface area contributed by atoms with Gasteiger partial charge in [-0.05, 0) is 62.6 Å². The lowest BCUT2D eigenvalue weighted by Crippen LogP contribution is -2.53. The maximum atomic E-state index is 14.1. The van der Waals surface area contributed by atoms with Crippen LogP contribution < -0.4 is 9.62 Å². The van der Waals surface area contributed by atoms with Crippen molar-refractivity contribution in [2.24, 2.45) is 0 Å². The Morgan fingerprint density at radius 2 is 1.57 bits per heavy atom. The summed E-state index contributed by atoms with van der Waals surface area (Å²) in [6, 6.07) is 17.2. The molecule has 42 heavy (non-hydrogen) atoms. The number of carbonyl (C=O) groups excluding carboxylic acids is 2. The monoisotopic (exact) mass is 603 g/mol. The Bertz CT molecular complexity index is 1480. The van der Waals surface area contributed by atoms with E-state index in [4.69, 9.17) is 0 Å². The maximum Gasteiger partial charge on any atom is 0.416 e. The van der Waals surface area contributed by atoms with Gasteiger partial charge in [-0.1, -0.05) is 67.9 Å². The number of aryl methyl sites for hydroxylation is 1. The summed E-state index contributed by atoms with van der Waals surface area (Å²) in [4.78, 5) is 28.5. The first-order valence-electron chi connectivity index (χ1n) is 13.7. The summed E-state index contributed by atoms with van der Waals surface area (Å²) in [5.74, 6) is -1.14. The smallest absolute Gasteiger partial charge is 0.352 e. The number of rotatable bonds is 12. The number of sulfonamides is 1. The molecule has 7 nitrogen and oxygen atoms in total. The predicted molar refractivity (Wildman–Crippen MR) is 156 cm³/mol. The summed E-state index contributed by atoms with van der Waals surface area (Å²) >= 11 is 0. The van der Waals surface area contributed by atoms with Crippen LogP contribution in [-0.2, 0) is 32.3 Å². The molecule has 0 spiro atoms. The van der Waals surface area contributed by atoms with Gasteiger partial charge in [-0.3, -0.25) is 13.9 Å². The fourth-order valence-corrected chi connectivity index (χ4v) is 5.88. The summed E-state index contributed by atoms with van der Waals surface area (Å²) in [7, 11) is -4.48. The Kier molecular flexibility index (Phi) is 10.8. The molecule has 3 aromatic rings.